The van der Waals surface area contributed by atoms with E-state index in [0.717, 1.165) is 10.7 Å². The van der Waals surface area contributed by atoms with E-state index in [2.05, 4.69) is 14.9 Å². The molecule has 0 unspecified atom stereocenters. The standard InChI is InChI=1S/C22H21ClFN5O4/c1-5-28-19(11-30)27-29(22(28)32)20-17(24)10-15(21(26-20)33-12(2)3)18(31)9-13-8-14(25-4)6-7-16(13)23/h6-8,10,12,30H,5,9,11H2,1-3H3. The lowest BCUT2D eigenvalue weighted by molar-refractivity contribution is 0.0985. The minimum Gasteiger partial charge on any atom is -0.474 e. The molecule has 0 spiro atoms. The van der Waals surface area contributed by atoms with Gasteiger partial charge in [-0.25, -0.2) is 14.0 Å². The van der Waals surface area contributed by atoms with Gasteiger partial charge in [-0.15, -0.1) is 5.10 Å². The molecule has 11 heteroatoms. The molecule has 0 aliphatic heterocycles. The predicted octanol–water partition coefficient (Wildman–Crippen LogP) is 3.50. The summed E-state index contributed by atoms with van der Waals surface area (Å²) in [6.07, 6.45) is -0.620. The Kier molecular flexibility index (Phi) is 7.26. The molecule has 33 heavy (non-hydrogen) atoms. The van der Waals surface area contributed by atoms with E-state index in [-0.39, 0.29) is 30.2 Å². The molecule has 1 aromatic carbocycles. The van der Waals surface area contributed by atoms with Gasteiger partial charge in [0.05, 0.1) is 18.2 Å². The number of nitrogens with zero attached hydrogens (tertiary/aromatic N) is 5. The number of halogens is 2. The summed E-state index contributed by atoms with van der Waals surface area (Å²) in [5, 5.41) is 13.7. The number of ketones is 1. The molecule has 2 heterocycles. The molecule has 0 aliphatic rings. The largest absolute Gasteiger partial charge is 0.474 e. The molecule has 172 valence electrons. The molecule has 9 nitrogen and oxygen atoms in total. The molecule has 1 N–H and O–H groups in total. The second kappa shape index (κ2) is 9.94. The Balaban J connectivity index is 2.10. The van der Waals surface area contributed by atoms with Crippen LogP contribution < -0.4 is 10.4 Å². The van der Waals surface area contributed by atoms with Gasteiger partial charge in [0.25, 0.3) is 0 Å². The number of carbonyl (C=O) groups excluding carboxylic acids is 1. The number of pyridine rings is 1. The minimum absolute atomic E-state index is 0.0458. The maximum atomic E-state index is 15.1. The molecule has 0 bridgehead atoms. The number of benzene rings is 1. The lowest BCUT2D eigenvalue weighted by Crippen LogP contribution is -2.26. The molecular formula is C22H21ClFN5O4. The number of hydrogen-bond donors (Lipinski definition) is 1. The van der Waals surface area contributed by atoms with Gasteiger partial charge in [0.2, 0.25) is 5.88 Å². The van der Waals surface area contributed by atoms with Crippen molar-refractivity contribution >= 4 is 23.1 Å². The number of aliphatic hydroxyl groups is 1. The smallest absolute Gasteiger partial charge is 0.352 e. The fourth-order valence-electron chi connectivity index (χ4n) is 3.17. The van der Waals surface area contributed by atoms with Crippen LogP contribution in [-0.2, 0) is 19.6 Å². The number of rotatable bonds is 8. The van der Waals surface area contributed by atoms with Gasteiger partial charge in [-0.05, 0) is 32.4 Å². The quantitative estimate of drug-likeness (QED) is 0.396. The van der Waals surface area contributed by atoms with Crippen LogP contribution in [-0.4, -0.2) is 36.3 Å². The average Bonchev–Trinajstić information content (AvgIpc) is 3.10. The molecule has 2 aromatic heterocycles. The first-order chi connectivity index (χ1) is 15.7. The van der Waals surface area contributed by atoms with Crippen LogP contribution in [0.1, 0.15) is 42.5 Å². The second-order valence-electron chi connectivity index (χ2n) is 7.31. The summed E-state index contributed by atoms with van der Waals surface area (Å²) >= 11 is 6.16. The number of aliphatic hydroxyl groups excluding tert-OH is 1. The fourth-order valence-corrected chi connectivity index (χ4v) is 3.35. The summed E-state index contributed by atoms with van der Waals surface area (Å²) < 4.78 is 22.6. The molecule has 0 saturated carbocycles. The summed E-state index contributed by atoms with van der Waals surface area (Å²) in [4.78, 5) is 33.1. The first-order valence-electron chi connectivity index (χ1n) is 10.1. The van der Waals surface area contributed by atoms with Crippen LogP contribution >= 0.6 is 11.6 Å². The van der Waals surface area contributed by atoms with Crippen molar-refractivity contribution in [3.63, 3.8) is 0 Å². The van der Waals surface area contributed by atoms with Gasteiger partial charge >= 0.3 is 5.69 Å². The second-order valence-corrected chi connectivity index (χ2v) is 7.72. The monoisotopic (exact) mass is 473 g/mol. The molecular weight excluding hydrogens is 453 g/mol. The molecule has 3 rings (SSSR count). The van der Waals surface area contributed by atoms with Crippen LogP contribution in [0.2, 0.25) is 5.02 Å². The van der Waals surface area contributed by atoms with E-state index in [1.807, 2.05) is 0 Å². The van der Waals surface area contributed by atoms with E-state index < -0.39 is 35.8 Å². The molecule has 3 aromatic rings. The predicted molar refractivity (Wildman–Crippen MR) is 119 cm³/mol. The van der Waals surface area contributed by atoms with Gasteiger partial charge in [-0.2, -0.15) is 9.67 Å². The molecule has 0 atom stereocenters. The lowest BCUT2D eigenvalue weighted by atomic mass is 10.0. The third-order valence-electron chi connectivity index (χ3n) is 4.68. The van der Waals surface area contributed by atoms with Crippen LogP contribution in [0.3, 0.4) is 0 Å². The molecule has 0 saturated heterocycles. The maximum Gasteiger partial charge on any atom is 0.352 e. The van der Waals surface area contributed by atoms with E-state index in [1.54, 1.807) is 20.8 Å². The van der Waals surface area contributed by atoms with Gasteiger partial charge in [0.1, 0.15) is 6.61 Å². The molecule has 0 fully saturated rings. The van der Waals surface area contributed by atoms with Crippen LogP contribution in [0.5, 0.6) is 5.88 Å². The SMILES string of the molecule is [C-]#[N+]c1ccc(Cl)c(CC(=O)c2cc(F)c(-n3nc(CO)n(CC)c3=O)nc2OC(C)C)c1. The van der Waals surface area contributed by atoms with Crippen molar-refractivity contribution < 1.29 is 19.0 Å². The van der Waals surface area contributed by atoms with Crippen molar-refractivity contribution in [3.05, 3.63) is 74.0 Å². The molecule has 0 amide bonds. The first kappa shape index (κ1) is 24.1. The average molecular weight is 474 g/mol. The Bertz CT molecular complexity index is 1310. The van der Waals surface area contributed by atoms with Gasteiger partial charge in [0.15, 0.2) is 28.9 Å². The zero-order chi connectivity index (χ0) is 24.3. The number of hydrogen-bond acceptors (Lipinski definition) is 6. The number of Topliss-reactive ketones (excluding diaryl/α,β-unsaturated/α-hetero) is 1. The van der Waals surface area contributed by atoms with Crippen LogP contribution in [0.4, 0.5) is 10.1 Å². The van der Waals surface area contributed by atoms with Gasteiger partial charge in [-0.3, -0.25) is 9.36 Å². The Labute approximate surface area is 193 Å². The van der Waals surface area contributed by atoms with Crippen molar-refractivity contribution in [1.29, 1.82) is 0 Å². The lowest BCUT2D eigenvalue weighted by Gasteiger charge is -2.15. The Morgan fingerprint density at radius 2 is 2.09 bits per heavy atom. The third-order valence-corrected chi connectivity index (χ3v) is 5.05. The van der Waals surface area contributed by atoms with Crippen LogP contribution in [0.15, 0.2) is 29.1 Å². The zero-order valence-corrected chi connectivity index (χ0v) is 18.9. The van der Waals surface area contributed by atoms with Crippen molar-refractivity contribution in [3.8, 4) is 11.7 Å². The topological polar surface area (TPSA) is 104 Å². The summed E-state index contributed by atoms with van der Waals surface area (Å²) in [7, 11) is 0. The third kappa shape index (κ3) is 4.94. The summed E-state index contributed by atoms with van der Waals surface area (Å²) in [6, 6.07) is 5.47. The highest BCUT2D eigenvalue weighted by Crippen LogP contribution is 2.27. The maximum absolute atomic E-state index is 15.1. The highest BCUT2D eigenvalue weighted by atomic mass is 35.5. The van der Waals surface area contributed by atoms with Crippen LogP contribution in [0.25, 0.3) is 10.7 Å². The van der Waals surface area contributed by atoms with Crippen LogP contribution in [0, 0.1) is 12.4 Å². The Hall–Kier alpha value is -3.55. The zero-order valence-electron chi connectivity index (χ0n) is 18.2. The van der Waals surface area contributed by atoms with E-state index in [9.17, 15) is 14.7 Å². The molecule has 0 radical (unpaired) electrons. The van der Waals surface area contributed by atoms with Gasteiger partial charge in [0, 0.05) is 18.0 Å². The van der Waals surface area contributed by atoms with Crippen molar-refractivity contribution in [2.24, 2.45) is 0 Å². The fraction of sp³-hybridized carbons (Fsp3) is 0.318. The van der Waals surface area contributed by atoms with Crippen molar-refractivity contribution in [2.45, 2.75) is 46.4 Å². The van der Waals surface area contributed by atoms with E-state index in [0.29, 0.717) is 16.3 Å². The highest BCUT2D eigenvalue weighted by Gasteiger charge is 2.24. The van der Waals surface area contributed by atoms with Crippen molar-refractivity contribution in [2.75, 3.05) is 0 Å². The summed E-state index contributed by atoms with van der Waals surface area (Å²) in [6.45, 7) is 11.9. The highest BCUT2D eigenvalue weighted by molar-refractivity contribution is 6.31. The van der Waals surface area contributed by atoms with E-state index in [4.69, 9.17) is 22.9 Å². The Morgan fingerprint density at radius 3 is 2.67 bits per heavy atom. The van der Waals surface area contributed by atoms with Crippen molar-refractivity contribution in [1.82, 2.24) is 19.3 Å². The Morgan fingerprint density at radius 1 is 1.36 bits per heavy atom. The van der Waals surface area contributed by atoms with E-state index in [1.165, 1.54) is 22.8 Å². The normalized spacial score (nSPS) is 11.0. The number of carbonyl (C=O) groups is 1. The summed E-state index contributed by atoms with van der Waals surface area (Å²) in [5.74, 6) is -2.09. The first-order valence-corrected chi connectivity index (χ1v) is 10.4. The van der Waals surface area contributed by atoms with Gasteiger partial charge in [-0.1, -0.05) is 29.8 Å². The summed E-state index contributed by atoms with van der Waals surface area (Å²) in [5.41, 5.74) is -0.114. The minimum atomic E-state index is -0.970. The number of aromatic nitrogens is 4. The number of ether oxygens (including phenoxy) is 1. The molecule has 0 aliphatic carbocycles. The van der Waals surface area contributed by atoms with Gasteiger partial charge < -0.3 is 9.84 Å². The van der Waals surface area contributed by atoms with E-state index >= 15 is 4.39 Å².